The topological polar surface area (TPSA) is 26.0 Å². The zero-order chi connectivity index (χ0) is 8.28. The molecular formula is C10H19N. The molecule has 0 heterocycles. The summed E-state index contributed by atoms with van der Waals surface area (Å²) in [5.74, 6) is 1.68. The van der Waals surface area contributed by atoms with E-state index in [2.05, 4.69) is 20.8 Å². The van der Waals surface area contributed by atoms with Gasteiger partial charge >= 0.3 is 0 Å². The Bertz CT molecular complexity index is 181. The molecule has 2 bridgehead atoms. The van der Waals surface area contributed by atoms with E-state index in [-0.39, 0.29) is 5.54 Å². The molecule has 0 amide bonds. The minimum atomic E-state index is 0.145. The minimum absolute atomic E-state index is 0.145. The maximum Gasteiger partial charge on any atom is 0.0162 e. The monoisotopic (exact) mass is 153 g/mol. The van der Waals surface area contributed by atoms with Crippen LogP contribution in [0.25, 0.3) is 0 Å². The largest absolute Gasteiger partial charge is 0.325 e. The lowest BCUT2D eigenvalue weighted by atomic mass is 9.78. The third kappa shape index (κ3) is 0.807. The van der Waals surface area contributed by atoms with E-state index >= 15 is 0 Å². The van der Waals surface area contributed by atoms with Gasteiger partial charge in [-0.3, -0.25) is 0 Å². The summed E-state index contributed by atoms with van der Waals surface area (Å²) in [5, 5.41) is 0. The second kappa shape index (κ2) is 1.82. The van der Waals surface area contributed by atoms with Gasteiger partial charge in [0.25, 0.3) is 0 Å². The Hall–Kier alpha value is -0.0400. The molecule has 0 aromatic rings. The molecule has 0 aliphatic heterocycles. The Morgan fingerprint density at radius 2 is 1.82 bits per heavy atom. The summed E-state index contributed by atoms with van der Waals surface area (Å²) in [6, 6.07) is 0. The molecule has 2 aliphatic rings. The number of nitrogens with two attached hydrogens (primary N) is 1. The molecule has 0 spiro atoms. The second-order valence-corrected chi connectivity index (χ2v) is 5.36. The fourth-order valence-electron chi connectivity index (χ4n) is 3.61. The smallest absolute Gasteiger partial charge is 0.0162 e. The van der Waals surface area contributed by atoms with E-state index in [1.165, 1.54) is 19.3 Å². The molecule has 64 valence electrons. The lowest BCUT2D eigenvalue weighted by molar-refractivity contribution is 0.221. The van der Waals surface area contributed by atoms with Crippen LogP contribution in [0, 0.1) is 17.3 Å². The predicted octanol–water partition coefficient (Wildman–Crippen LogP) is 2.16. The average molecular weight is 153 g/mol. The van der Waals surface area contributed by atoms with E-state index in [0.717, 1.165) is 11.8 Å². The maximum absolute atomic E-state index is 6.24. The molecule has 0 aromatic heterocycles. The van der Waals surface area contributed by atoms with Crippen LogP contribution >= 0.6 is 0 Å². The van der Waals surface area contributed by atoms with Gasteiger partial charge in [-0.15, -0.1) is 0 Å². The molecular weight excluding hydrogens is 134 g/mol. The van der Waals surface area contributed by atoms with Crippen LogP contribution in [0.3, 0.4) is 0 Å². The Kier molecular flexibility index (Phi) is 1.26. The van der Waals surface area contributed by atoms with Crippen LogP contribution in [-0.2, 0) is 0 Å². The quantitative estimate of drug-likeness (QED) is 0.567. The molecule has 2 fully saturated rings. The Balaban J connectivity index is 2.33. The van der Waals surface area contributed by atoms with Gasteiger partial charge in [0.05, 0.1) is 0 Å². The standard InChI is InChI=1S/C10H19N/c1-9(2)7-4-5-8(9)10(3,11)6-7/h7-8H,4-6,11H2,1-3H3. The second-order valence-electron chi connectivity index (χ2n) is 5.36. The number of hydrogen-bond donors (Lipinski definition) is 1. The highest BCUT2D eigenvalue weighted by atomic mass is 14.8. The van der Waals surface area contributed by atoms with Crippen LogP contribution in [0.1, 0.15) is 40.0 Å². The van der Waals surface area contributed by atoms with Crippen molar-refractivity contribution in [1.29, 1.82) is 0 Å². The average Bonchev–Trinajstić information content (AvgIpc) is 2.15. The molecule has 2 rings (SSSR count). The highest BCUT2D eigenvalue weighted by Crippen LogP contribution is 2.60. The van der Waals surface area contributed by atoms with Gasteiger partial charge in [-0.2, -0.15) is 0 Å². The molecule has 0 radical (unpaired) electrons. The van der Waals surface area contributed by atoms with Crippen molar-refractivity contribution in [1.82, 2.24) is 0 Å². The van der Waals surface area contributed by atoms with Crippen LogP contribution in [0.2, 0.25) is 0 Å². The highest BCUT2D eigenvalue weighted by Gasteiger charge is 2.57. The third-order valence-corrected chi connectivity index (χ3v) is 4.24. The molecule has 3 unspecified atom stereocenters. The van der Waals surface area contributed by atoms with Crippen molar-refractivity contribution < 1.29 is 0 Å². The summed E-state index contributed by atoms with van der Waals surface area (Å²) in [6.45, 7) is 7.03. The van der Waals surface area contributed by atoms with Gasteiger partial charge in [0, 0.05) is 5.54 Å². The van der Waals surface area contributed by atoms with Crippen LogP contribution in [-0.4, -0.2) is 5.54 Å². The first kappa shape index (κ1) is 7.60. The van der Waals surface area contributed by atoms with Crippen molar-refractivity contribution in [3.05, 3.63) is 0 Å². The first-order valence-electron chi connectivity index (χ1n) is 4.73. The lowest BCUT2D eigenvalue weighted by Crippen LogP contribution is -2.43. The van der Waals surface area contributed by atoms with Crippen LogP contribution < -0.4 is 5.73 Å². The van der Waals surface area contributed by atoms with Gasteiger partial charge in [0.1, 0.15) is 0 Å². The Labute approximate surface area is 69.4 Å². The molecule has 11 heavy (non-hydrogen) atoms. The fraction of sp³-hybridized carbons (Fsp3) is 1.00. The van der Waals surface area contributed by atoms with Crippen molar-refractivity contribution in [2.75, 3.05) is 0 Å². The fourth-order valence-corrected chi connectivity index (χ4v) is 3.61. The molecule has 0 saturated heterocycles. The zero-order valence-corrected chi connectivity index (χ0v) is 7.85. The van der Waals surface area contributed by atoms with E-state index in [1.807, 2.05) is 0 Å². The predicted molar refractivity (Wildman–Crippen MR) is 47.2 cm³/mol. The van der Waals surface area contributed by atoms with Gasteiger partial charge in [0.15, 0.2) is 0 Å². The van der Waals surface area contributed by atoms with Crippen molar-refractivity contribution >= 4 is 0 Å². The first-order valence-corrected chi connectivity index (χ1v) is 4.73. The van der Waals surface area contributed by atoms with E-state index in [1.54, 1.807) is 0 Å². The number of fused-ring (bicyclic) bond motifs is 2. The maximum atomic E-state index is 6.24. The van der Waals surface area contributed by atoms with Gasteiger partial charge in [0.2, 0.25) is 0 Å². The molecule has 3 atom stereocenters. The normalized spacial score (nSPS) is 53.5. The van der Waals surface area contributed by atoms with Crippen molar-refractivity contribution in [3.8, 4) is 0 Å². The van der Waals surface area contributed by atoms with E-state index in [4.69, 9.17) is 5.73 Å². The van der Waals surface area contributed by atoms with E-state index in [9.17, 15) is 0 Å². The summed E-state index contributed by atoms with van der Waals surface area (Å²) in [4.78, 5) is 0. The molecule has 2 saturated carbocycles. The lowest BCUT2D eigenvalue weighted by Gasteiger charge is -2.32. The minimum Gasteiger partial charge on any atom is -0.325 e. The molecule has 0 aromatic carbocycles. The molecule has 1 nitrogen and oxygen atoms in total. The summed E-state index contributed by atoms with van der Waals surface area (Å²) >= 11 is 0. The molecule has 2 N–H and O–H groups in total. The van der Waals surface area contributed by atoms with Gasteiger partial charge in [-0.05, 0) is 43.4 Å². The van der Waals surface area contributed by atoms with Gasteiger partial charge < -0.3 is 5.73 Å². The molecule has 2 aliphatic carbocycles. The summed E-state index contributed by atoms with van der Waals surface area (Å²) < 4.78 is 0. The van der Waals surface area contributed by atoms with Crippen LogP contribution in [0.5, 0.6) is 0 Å². The van der Waals surface area contributed by atoms with Crippen molar-refractivity contribution in [2.45, 2.75) is 45.6 Å². The SMILES string of the molecule is CC1(N)CC2CCC1C2(C)C. The summed E-state index contributed by atoms with van der Waals surface area (Å²) in [7, 11) is 0. The molecule has 1 heteroatoms. The van der Waals surface area contributed by atoms with Crippen LogP contribution in [0.4, 0.5) is 0 Å². The number of hydrogen-bond acceptors (Lipinski definition) is 1. The first-order chi connectivity index (χ1) is 4.94. The summed E-state index contributed by atoms with van der Waals surface area (Å²) in [6.07, 6.45) is 4.04. The highest BCUT2D eigenvalue weighted by molar-refractivity contribution is 5.10. The van der Waals surface area contributed by atoms with Gasteiger partial charge in [-0.1, -0.05) is 13.8 Å². The Morgan fingerprint density at radius 1 is 1.18 bits per heavy atom. The van der Waals surface area contributed by atoms with Crippen LogP contribution in [0.15, 0.2) is 0 Å². The Morgan fingerprint density at radius 3 is 2.00 bits per heavy atom. The van der Waals surface area contributed by atoms with E-state index < -0.39 is 0 Å². The van der Waals surface area contributed by atoms with Crippen molar-refractivity contribution in [3.63, 3.8) is 0 Å². The number of rotatable bonds is 0. The summed E-state index contributed by atoms with van der Waals surface area (Å²) in [5.41, 5.74) is 6.92. The van der Waals surface area contributed by atoms with Gasteiger partial charge in [-0.25, -0.2) is 0 Å². The van der Waals surface area contributed by atoms with Crippen molar-refractivity contribution in [2.24, 2.45) is 23.0 Å². The van der Waals surface area contributed by atoms with E-state index in [0.29, 0.717) is 5.41 Å². The zero-order valence-electron chi connectivity index (χ0n) is 7.85. The third-order valence-electron chi connectivity index (χ3n) is 4.24.